The van der Waals surface area contributed by atoms with Gasteiger partial charge in [0, 0.05) is 6.42 Å². The Morgan fingerprint density at radius 1 is 0.696 bits per heavy atom. The van der Waals surface area contributed by atoms with Crippen molar-refractivity contribution in [3.8, 4) is 0 Å². The van der Waals surface area contributed by atoms with Gasteiger partial charge < -0.3 is 0 Å². The zero-order valence-electron chi connectivity index (χ0n) is 16.1. The fourth-order valence-electron chi connectivity index (χ4n) is 2.50. The zero-order valence-corrected chi connectivity index (χ0v) is 16.1. The smallest absolute Gasteiger partial charge is 0.298 e. The molecule has 138 valence electrons. The maximum absolute atomic E-state index is 11.4. The molecule has 0 aliphatic rings. The third-order valence-electron chi connectivity index (χ3n) is 3.87. The van der Waals surface area contributed by atoms with E-state index in [0.29, 0.717) is 6.42 Å². The molecule has 0 aromatic carbocycles. The summed E-state index contributed by atoms with van der Waals surface area (Å²) in [6, 6.07) is 0. The van der Waals surface area contributed by atoms with Gasteiger partial charge in [0.2, 0.25) is 0 Å². The summed E-state index contributed by atoms with van der Waals surface area (Å²) in [6.07, 6.45) is 17.5. The molecule has 0 bridgehead atoms. The Morgan fingerprint density at radius 3 is 1.48 bits per heavy atom. The van der Waals surface area contributed by atoms with Gasteiger partial charge in [-0.3, -0.25) is 4.89 Å². The van der Waals surface area contributed by atoms with E-state index in [1.807, 2.05) is 20.8 Å². The van der Waals surface area contributed by atoms with Crippen molar-refractivity contribution in [2.45, 2.75) is 123 Å². The molecule has 0 spiro atoms. The minimum absolute atomic E-state index is 0.247. The Morgan fingerprint density at radius 2 is 1.09 bits per heavy atom. The topological polar surface area (TPSA) is 35.5 Å². The molecule has 0 N–H and O–H groups in total. The quantitative estimate of drug-likeness (QED) is 0.190. The summed E-state index contributed by atoms with van der Waals surface area (Å²) in [7, 11) is 0. The summed E-state index contributed by atoms with van der Waals surface area (Å²) in [6.45, 7) is 7.87. The lowest BCUT2D eigenvalue weighted by atomic mass is 10.0. The molecule has 23 heavy (non-hydrogen) atoms. The molecule has 3 heteroatoms. The number of unbranched alkanes of at least 4 members (excludes halogenated alkanes) is 12. The van der Waals surface area contributed by atoms with Crippen LogP contribution in [0.15, 0.2) is 0 Å². The average molecular weight is 329 g/mol. The molecule has 0 aliphatic heterocycles. The Balaban J connectivity index is 3.17. The fourth-order valence-corrected chi connectivity index (χ4v) is 2.50. The number of carbonyl (C=O) groups excluding carboxylic acids is 1. The molecule has 0 atom stereocenters. The molecule has 0 amide bonds. The average Bonchev–Trinajstić information content (AvgIpc) is 2.49. The second-order valence-corrected chi connectivity index (χ2v) is 7.64. The standard InChI is InChI=1S/C20H40O3/c1-5-6-7-8-9-10-11-12-13-14-15-16-17-18-19(21)22-23-20(2,3)4/h5-18H2,1-4H3. The first kappa shape index (κ1) is 22.4. The fraction of sp³-hybridized carbons (Fsp3) is 0.950. The largest absolute Gasteiger partial charge is 0.342 e. The highest BCUT2D eigenvalue weighted by Crippen LogP contribution is 2.13. The molecule has 0 heterocycles. The molecular formula is C20H40O3. The van der Waals surface area contributed by atoms with Gasteiger partial charge in [0.25, 0.3) is 0 Å². The van der Waals surface area contributed by atoms with E-state index in [9.17, 15) is 4.79 Å². The van der Waals surface area contributed by atoms with Crippen LogP contribution in [0.3, 0.4) is 0 Å². The number of hydrogen-bond acceptors (Lipinski definition) is 3. The Bertz CT molecular complexity index is 269. The summed E-state index contributed by atoms with van der Waals surface area (Å²) in [5, 5.41) is 0. The van der Waals surface area contributed by atoms with Gasteiger partial charge in [-0.25, -0.2) is 4.79 Å². The SMILES string of the molecule is CCCCCCCCCCCCCCCC(=O)OOC(C)(C)C. The van der Waals surface area contributed by atoms with Crippen LogP contribution in [0.5, 0.6) is 0 Å². The molecule has 0 rings (SSSR count). The van der Waals surface area contributed by atoms with Crippen LogP contribution < -0.4 is 0 Å². The molecule has 3 nitrogen and oxygen atoms in total. The van der Waals surface area contributed by atoms with Crippen molar-refractivity contribution < 1.29 is 14.6 Å². The number of hydrogen-bond donors (Lipinski definition) is 0. The summed E-state index contributed by atoms with van der Waals surface area (Å²) < 4.78 is 0. The van der Waals surface area contributed by atoms with E-state index in [1.54, 1.807) is 0 Å². The second kappa shape index (κ2) is 15.0. The number of rotatable bonds is 15. The maximum atomic E-state index is 11.4. The van der Waals surface area contributed by atoms with E-state index >= 15 is 0 Å². The minimum Gasteiger partial charge on any atom is -0.298 e. The van der Waals surface area contributed by atoms with E-state index in [-0.39, 0.29) is 5.97 Å². The maximum Gasteiger partial charge on any atom is 0.342 e. The van der Waals surface area contributed by atoms with Crippen LogP contribution in [-0.4, -0.2) is 11.6 Å². The zero-order chi connectivity index (χ0) is 17.4. The van der Waals surface area contributed by atoms with Gasteiger partial charge in [0.1, 0.15) is 5.60 Å². The first-order valence-electron chi connectivity index (χ1n) is 9.84. The lowest BCUT2D eigenvalue weighted by Gasteiger charge is -2.16. The van der Waals surface area contributed by atoms with Crippen LogP contribution in [0, 0.1) is 0 Å². The molecule has 0 fully saturated rings. The minimum atomic E-state index is -0.425. The molecule has 0 saturated carbocycles. The molecule has 0 aliphatic carbocycles. The lowest BCUT2D eigenvalue weighted by Crippen LogP contribution is -2.21. The van der Waals surface area contributed by atoms with Gasteiger partial charge in [0.05, 0.1) is 0 Å². The van der Waals surface area contributed by atoms with Gasteiger partial charge in [-0.05, 0) is 27.2 Å². The van der Waals surface area contributed by atoms with Gasteiger partial charge in [-0.1, -0.05) is 84.0 Å². The summed E-state index contributed by atoms with van der Waals surface area (Å²) >= 11 is 0. The predicted octanol–water partition coefficient (Wildman–Crippen LogP) is 6.74. The van der Waals surface area contributed by atoms with E-state index in [0.717, 1.165) is 12.8 Å². The monoisotopic (exact) mass is 328 g/mol. The summed E-state index contributed by atoms with van der Waals surface area (Å²) in [5.41, 5.74) is -0.425. The van der Waals surface area contributed by atoms with Gasteiger partial charge in [0.15, 0.2) is 0 Å². The Kier molecular flexibility index (Phi) is 14.6. The van der Waals surface area contributed by atoms with Crippen LogP contribution >= 0.6 is 0 Å². The van der Waals surface area contributed by atoms with Crippen molar-refractivity contribution in [2.75, 3.05) is 0 Å². The van der Waals surface area contributed by atoms with Crippen LogP contribution in [0.25, 0.3) is 0 Å². The molecule has 0 aromatic heterocycles. The van der Waals surface area contributed by atoms with E-state index in [2.05, 4.69) is 6.92 Å². The van der Waals surface area contributed by atoms with Crippen LogP contribution in [0.1, 0.15) is 118 Å². The highest BCUT2D eigenvalue weighted by Gasteiger charge is 2.14. The van der Waals surface area contributed by atoms with E-state index in [4.69, 9.17) is 9.78 Å². The van der Waals surface area contributed by atoms with E-state index < -0.39 is 5.60 Å². The summed E-state index contributed by atoms with van der Waals surface area (Å²) in [4.78, 5) is 21.2. The van der Waals surface area contributed by atoms with Crippen molar-refractivity contribution in [1.29, 1.82) is 0 Å². The van der Waals surface area contributed by atoms with Crippen LogP contribution in [0.2, 0.25) is 0 Å². The van der Waals surface area contributed by atoms with Gasteiger partial charge >= 0.3 is 5.97 Å². The third-order valence-corrected chi connectivity index (χ3v) is 3.87. The highest BCUT2D eigenvalue weighted by molar-refractivity contribution is 5.68. The molecular weight excluding hydrogens is 288 g/mol. The van der Waals surface area contributed by atoms with Gasteiger partial charge in [-0.2, -0.15) is 4.89 Å². The van der Waals surface area contributed by atoms with Crippen molar-refractivity contribution in [3.63, 3.8) is 0 Å². The number of carbonyl (C=O) groups is 1. The Labute approximate surface area is 144 Å². The molecule has 0 aromatic rings. The van der Waals surface area contributed by atoms with Crippen LogP contribution in [-0.2, 0) is 14.6 Å². The van der Waals surface area contributed by atoms with Crippen molar-refractivity contribution in [1.82, 2.24) is 0 Å². The highest BCUT2D eigenvalue weighted by atomic mass is 17.2. The van der Waals surface area contributed by atoms with Crippen molar-refractivity contribution in [3.05, 3.63) is 0 Å². The third kappa shape index (κ3) is 19.4. The lowest BCUT2D eigenvalue weighted by molar-refractivity contribution is -0.320. The van der Waals surface area contributed by atoms with E-state index in [1.165, 1.54) is 70.6 Å². The first-order valence-corrected chi connectivity index (χ1v) is 9.84. The van der Waals surface area contributed by atoms with Gasteiger partial charge in [-0.15, -0.1) is 0 Å². The van der Waals surface area contributed by atoms with Crippen LogP contribution in [0.4, 0.5) is 0 Å². The molecule has 0 unspecified atom stereocenters. The molecule has 0 radical (unpaired) electrons. The Hall–Kier alpha value is -0.570. The second-order valence-electron chi connectivity index (χ2n) is 7.64. The van der Waals surface area contributed by atoms with Crippen molar-refractivity contribution >= 4 is 5.97 Å². The molecule has 0 saturated heterocycles. The van der Waals surface area contributed by atoms with Crippen molar-refractivity contribution in [2.24, 2.45) is 0 Å². The predicted molar refractivity (Wildman–Crippen MR) is 97.2 cm³/mol. The first-order chi connectivity index (χ1) is 11.0. The summed E-state index contributed by atoms with van der Waals surface area (Å²) in [5.74, 6) is -0.247. The normalized spacial score (nSPS) is 11.7.